The van der Waals surface area contributed by atoms with Crippen LogP contribution in [-0.2, 0) is 11.3 Å². The first-order chi connectivity index (χ1) is 12.0. The van der Waals surface area contributed by atoms with E-state index in [1.54, 1.807) is 32.4 Å². The quantitative estimate of drug-likeness (QED) is 0.725. The molecule has 1 amide bonds. The molecule has 0 aliphatic rings. The second-order valence-electron chi connectivity index (χ2n) is 5.25. The van der Waals surface area contributed by atoms with E-state index in [4.69, 9.17) is 21.1 Å². The summed E-state index contributed by atoms with van der Waals surface area (Å²) in [5.74, 6) is 0.692. The van der Waals surface area contributed by atoms with Crippen LogP contribution in [0.15, 0.2) is 24.3 Å². The van der Waals surface area contributed by atoms with Gasteiger partial charge in [-0.2, -0.15) is 4.98 Å². The number of thiophene rings is 1. The van der Waals surface area contributed by atoms with E-state index in [1.807, 2.05) is 13.0 Å². The van der Waals surface area contributed by atoms with Gasteiger partial charge in [-0.25, -0.2) is 4.98 Å². The van der Waals surface area contributed by atoms with E-state index in [0.29, 0.717) is 32.1 Å². The molecule has 0 saturated carbocycles. The number of fused-ring (bicyclic) bond motifs is 1. The molecule has 1 aromatic carbocycles. The summed E-state index contributed by atoms with van der Waals surface area (Å²) in [6, 6.07) is 7.09. The Hall–Kier alpha value is -2.22. The number of ether oxygens (including phenoxy) is 2. The number of benzene rings is 1. The third-order valence-electron chi connectivity index (χ3n) is 3.60. The van der Waals surface area contributed by atoms with Gasteiger partial charge in [-0.05, 0) is 24.6 Å². The summed E-state index contributed by atoms with van der Waals surface area (Å²) in [6.45, 7) is 2.12. The summed E-state index contributed by atoms with van der Waals surface area (Å²) in [6.07, 6.45) is 0. The number of para-hydroxylation sites is 1. The van der Waals surface area contributed by atoms with E-state index in [2.05, 4.69) is 15.3 Å². The van der Waals surface area contributed by atoms with Gasteiger partial charge in [0, 0.05) is 7.11 Å². The molecule has 6 nitrogen and oxygen atoms in total. The molecule has 0 spiro atoms. The van der Waals surface area contributed by atoms with Gasteiger partial charge in [0.05, 0.1) is 28.1 Å². The Kier molecular flexibility index (Phi) is 5.17. The van der Waals surface area contributed by atoms with E-state index in [0.717, 1.165) is 10.9 Å². The number of rotatable bonds is 5. The molecule has 0 aliphatic heterocycles. The summed E-state index contributed by atoms with van der Waals surface area (Å²) in [5, 5.41) is 4.05. The van der Waals surface area contributed by atoms with Crippen molar-refractivity contribution in [3.63, 3.8) is 0 Å². The fourth-order valence-electron chi connectivity index (χ4n) is 2.44. The molecule has 0 atom stereocenters. The van der Waals surface area contributed by atoms with Crippen LogP contribution < -0.4 is 10.1 Å². The number of carbonyl (C=O) groups is 1. The molecule has 0 bridgehead atoms. The summed E-state index contributed by atoms with van der Waals surface area (Å²) in [5.41, 5.74) is 1.33. The van der Waals surface area contributed by atoms with Gasteiger partial charge in [-0.1, -0.05) is 23.7 Å². The number of aromatic nitrogens is 2. The lowest BCUT2D eigenvalue weighted by Gasteiger charge is -2.06. The summed E-state index contributed by atoms with van der Waals surface area (Å²) in [4.78, 5) is 22.7. The SMILES string of the molecule is COCc1nc(OC)c2c(C)c(C(=O)Nc3ccccc3Cl)sc2n1. The van der Waals surface area contributed by atoms with Crippen molar-refractivity contribution in [2.75, 3.05) is 19.5 Å². The van der Waals surface area contributed by atoms with Crippen molar-refractivity contribution in [3.8, 4) is 5.88 Å². The summed E-state index contributed by atoms with van der Waals surface area (Å²) < 4.78 is 10.5. The lowest BCUT2D eigenvalue weighted by atomic mass is 10.2. The van der Waals surface area contributed by atoms with Crippen LogP contribution in [0.5, 0.6) is 5.88 Å². The molecule has 3 rings (SSSR count). The first-order valence-corrected chi connectivity index (χ1v) is 8.63. The molecular weight excluding hydrogens is 362 g/mol. The Morgan fingerprint density at radius 3 is 2.72 bits per heavy atom. The fourth-order valence-corrected chi connectivity index (χ4v) is 3.71. The largest absolute Gasteiger partial charge is 0.480 e. The minimum absolute atomic E-state index is 0.246. The van der Waals surface area contributed by atoms with Crippen LogP contribution in [0.2, 0.25) is 5.02 Å². The zero-order valence-corrected chi connectivity index (χ0v) is 15.5. The molecule has 130 valence electrons. The zero-order chi connectivity index (χ0) is 18.0. The molecular formula is C17H16ClN3O3S. The summed E-state index contributed by atoms with van der Waals surface area (Å²) in [7, 11) is 3.11. The van der Waals surface area contributed by atoms with Crippen molar-refractivity contribution < 1.29 is 14.3 Å². The normalized spacial score (nSPS) is 10.9. The van der Waals surface area contributed by atoms with E-state index < -0.39 is 0 Å². The van der Waals surface area contributed by atoms with Crippen molar-refractivity contribution in [1.29, 1.82) is 0 Å². The molecule has 2 heterocycles. The molecule has 0 saturated heterocycles. The molecule has 0 fully saturated rings. The number of nitrogens with one attached hydrogen (secondary N) is 1. The van der Waals surface area contributed by atoms with Crippen LogP contribution in [0.4, 0.5) is 5.69 Å². The fraction of sp³-hybridized carbons (Fsp3) is 0.235. The van der Waals surface area contributed by atoms with Gasteiger partial charge < -0.3 is 14.8 Å². The Morgan fingerprint density at radius 1 is 1.28 bits per heavy atom. The standard InChI is InChI=1S/C17H16ClN3O3S/c1-9-13-16(24-3)20-12(8-23-2)21-17(13)25-14(9)15(22)19-11-7-5-4-6-10(11)18/h4-7H,8H2,1-3H3,(H,19,22). The lowest BCUT2D eigenvalue weighted by molar-refractivity contribution is 0.103. The van der Waals surface area contributed by atoms with Gasteiger partial charge in [0.15, 0.2) is 5.82 Å². The van der Waals surface area contributed by atoms with Gasteiger partial charge in [0.2, 0.25) is 5.88 Å². The van der Waals surface area contributed by atoms with E-state index in [1.165, 1.54) is 11.3 Å². The van der Waals surface area contributed by atoms with Crippen molar-refractivity contribution >= 4 is 44.7 Å². The highest BCUT2D eigenvalue weighted by Crippen LogP contribution is 2.35. The minimum Gasteiger partial charge on any atom is -0.480 e. The van der Waals surface area contributed by atoms with Gasteiger partial charge in [-0.15, -0.1) is 11.3 Å². The smallest absolute Gasteiger partial charge is 0.266 e. The Bertz CT molecular complexity index is 942. The number of hydrogen-bond acceptors (Lipinski definition) is 6. The highest BCUT2D eigenvalue weighted by molar-refractivity contribution is 7.20. The molecule has 1 N–H and O–H groups in total. The lowest BCUT2D eigenvalue weighted by Crippen LogP contribution is -2.11. The molecule has 0 radical (unpaired) electrons. The van der Waals surface area contributed by atoms with Crippen LogP contribution in [0.25, 0.3) is 10.2 Å². The zero-order valence-electron chi connectivity index (χ0n) is 13.9. The minimum atomic E-state index is -0.246. The number of methoxy groups -OCH3 is 2. The number of hydrogen-bond donors (Lipinski definition) is 1. The average molecular weight is 378 g/mol. The third-order valence-corrected chi connectivity index (χ3v) is 5.11. The maximum Gasteiger partial charge on any atom is 0.266 e. The molecule has 0 unspecified atom stereocenters. The number of aryl methyl sites for hydroxylation is 1. The third kappa shape index (κ3) is 3.44. The molecule has 8 heteroatoms. The second-order valence-corrected chi connectivity index (χ2v) is 6.66. The van der Waals surface area contributed by atoms with Gasteiger partial charge in [0.1, 0.15) is 11.4 Å². The average Bonchev–Trinajstić information content (AvgIpc) is 2.93. The van der Waals surface area contributed by atoms with Crippen LogP contribution in [0.3, 0.4) is 0 Å². The molecule has 2 aromatic heterocycles. The van der Waals surface area contributed by atoms with E-state index >= 15 is 0 Å². The van der Waals surface area contributed by atoms with Gasteiger partial charge in [-0.3, -0.25) is 4.79 Å². The highest BCUT2D eigenvalue weighted by atomic mass is 35.5. The van der Waals surface area contributed by atoms with Crippen molar-refractivity contribution in [3.05, 3.63) is 45.6 Å². The van der Waals surface area contributed by atoms with Crippen molar-refractivity contribution in [2.45, 2.75) is 13.5 Å². The Balaban J connectivity index is 2.03. The van der Waals surface area contributed by atoms with Crippen molar-refractivity contribution in [1.82, 2.24) is 9.97 Å². The van der Waals surface area contributed by atoms with Crippen LogP contribution in [0.1, 0.15) is 21.1 Å². The second kappa shape index (κ2) is 7.35. The summed E-state index contributed by atoms with van der Waals surface area (Å²) >= 11 is 7.39. The van der Waals surface area contributed by atoms with Crippen LogP contribution in [-0.4, -0.2) is 30.1 Å². The number of halogens is 1. The van der Waals surface area contributed by atoms with Crippen LogP contribution in [0, 0.1) is 6.92 Å². The number of anilines is 1. The molecule has 3 aromatic rings. The first kappa shape index (κ1) is 17.6. The van der Waals surface area contributed by atoms with Gasteiger partial charge in [0.25, 0.3) is 5.91 Å². The number of nitrogens with zero attached hydrogens (tertiary/aromatic N) is 2. The Morgan fingerprint density at radius 2 is 2.04 bits per heavy atom. The van der Waals surface area contributed by atoms with E-state index in [-0.39, 0.29) is 12.5 Å². The highest BCUT2D eigenvalue weighted by Gasteiger charge is 2.21. The predicted molar refractivity (Wildman–Crippen MR) is 98.8 cm³/mol. The van der Waals surface area contributed by atoms with Crippen molar-refractivity contribution in [2.24, 2.45) is 0 Å². The van der Waals surface area contributed by atoms with Gasteiger partial charge >= 0.3 is 0 Å². The van der Waals surface area contributed by atoms with Crippen LogP contribution >= 0.6 is 22.9 Å². The maximum atomic E-state index is 12.7. The topological polar surface area (TPSA) is 73.3 Å². The first-order valence-electron chi connectivity index (χ1n) is 7.44. The molecule has 0 aliphatic carbocycles. The monoisotopic (exact) mass is 377 g/mol. The number of carbonyl (C=O) groups excluding carboxylic acids is 1. The van der Waals surface area contributed by atoms with E-state index in [9.17, 15) is 4.79 Å². The molecule has 25 heavy (non-hydrogen) atoms. The Labute approximate surface area is 153 Å². The maximum absolute atomic E-state index is 12.7. The predicted octanol–water partition coefficient (Wildman–Crippen LogP) is 4.06. The number of amides is 1.